The highest BCUT2D eigenvalue weighted by Gasteiger charge is 2.46. The lowest BCUT2D eigenvalue weighted by Crippen LogP contribution is -2.61. The molecular formula is C42H52Cl3N3O5. The molecule has 3 N–H and O–H groups in total. The summed E-state index contributed by atoms with van der Waals surface area (Å²) in [6.45, 7) is 9.14. The average Bonchev–Trinajstić information content (AvgIpc) is 3.14. The van der Waals surface area contributed by atoms with Gasteiger partial charge in [-0.25, -0.2) is 0 Å². The number of hydrogen-bond acceptors (Lipinski definition) is 6. The minimum absolute atomic E-state index is 0.00871. The number of amides is 2. The van der Waals surface area contributed by atoms with Crippen molar-refractivity contribution in [1.29, 1.82) is 0 Å². The van der Waals surface area contributed by atoms with Gasteiger partial charge in [-0.15, -0.1) is 0 Å². The van der Waals surface area contributed by atoms with Crippen LogP contribution in [0.1, 0.15) is 101 Å². The third kappa shape index (κ3) is 9.95. The summed E-state index contributed by atoms with van der Waals surface area (Å²) in [5.74, 6) is 0.00131. The standard InChI is InChI=1S/C42H52Cl3N3O5/c1-26-36(24-48-34-11-6-5-9-30(34)20-21-35(48)38(50)47-41(2,3)4)52-39(53-37(26)31-14-12-27(25-49)13-15-31)32-18-16-29(17-19-32)33-10-7-8-28(22-33)23-46-40(51)42(43,44)45/h7-8,10,12-19,22,26,30,34-37,39,49H,5-6,9,11,20-21,23-25H2,1-4H3,(H,46,51)(H,47,50)/t26-,30-,34-,35-,36+,37+,39+/m1/s1. The highest BCUT2D eigenvalue weighted by Crippen LogP contribution is 2.44. The largest absolute Gasteiger partial charge is 0.392 e. The Morgan fingerprint density at radius 1 is 0.849 bits per heavy atom. The maximum Gasteiger partial charge on any atom is 0.272 e. The van der Waals surface area contributed by atoms with E-state index in [1.165, 1.54) is 19.3 Å². The summed E-state index contributed by atoms with van der Waals surface area (Å²) in [6.07, 6.45) is 5.55. The Labute approximate surface area is 328 Å². The molecule has 2 aliphatic heterocycles. The Balaban J connectivity index is 1.26. The Kier molecular flexibility index (Phi) is 12.8. The van der Waals surface area contributed by atoms with Crippen molar-refractivity contribution in [3.8, 4) is 11.1 Å². The topological polar surface area (TPSA) is 100 Å². The summed E-state index contributed by atoms with van der Waals surface area (Å²) in [6, 6.07) is 24.1. The van der Waals surface area contributed by atoms with Crippen LogP contribution in [-0.4, -0.2) is 55.9 Å². The minimum Gasteiger partial charge on any atom is -0.392 e. The van der Waals surface area contributed by atoms with E-state index >= 15 is 0 Å². The van der Waals surface area contributed by atoms with Crippen LogP contribution < -0.4 is 10.6 Å². The van der Waals surface area contributed by atoms with Crippen LogP contribution in [0.4, 0.5) is 0 Å². The molecule has 7 atom stereocenters. The predicted molar refractivity (Wildman–Crippen MR) is 210 cm³/mol. The molecule has 3 aromatic carbocycles. The number of rotatable bonds is 9. The molecule has 2 heterocycles. The van der Waals surface area contributed by atoms with Crippen molar-refractivity contribution in [3.05, 3.63) is 95.1 Å². The highest BCUT2D eigenvalue weighted by molar-refractivity contribution is 6.76. The van der Waals surface area contributed by atoms with E-state index in [9.17, 15) is 14.7 Å². The summed E-state index contributed by atoms with van der Waals surface area (Å²) < 4.78 is 11.7. The number of carbonyl (C=O) groups excluding carboxylic acids is 2. The zero-order valence-corrected chi connectivity index (χ0v) is 33.3. The van der Waals surface area contributed by atoms with Gasteiger partial charge in [-0.1, -0.05) is 121 Å². The Hall–Kier alpha value is -2.69. The number of nitrogens with one attached hydrogen (secondary N) is 2. The first-order valence-electron chi connectivity index (χ1n) is 18.8. The molecule has 286 valence electrons. The molecule has 1 aliphatic carbocycles. The number of piperidine rings is 1. The van der Waals surface area contributed by atoms with Gasteiger partial charge in [-0.05, 0) is 86.3 Å². The highest BCUT2D eigenvalue weighted by atomic mass is 35.6. The van der Waals surface area contributed by atoms with Gasteiger partial charge in [0.25, 0.3) is 9.70 Å². The predicted octanol–water partition coefficient (Wildman–Crippen LogP) is 8.56. The number of fused-ring (bicyclic) bond motifs is 1. The molecule has 0 spiro atoms. The SMILES string of the molecule is C[C@@H]1[C@H](CN2[C@@H](C(=O)NC(C)(C)C)CC[C@H]3CCCC[C@H]32)O[C@H](c2ccc(-c3cccc(CNC(=O)C(Cl)(Cl)Cl)c3)cc2)O[C@@H]1c1ccc(CO)cc1. The summed E-state index contributed by atoms with van der Waals surface area (Å²) in [7, 11) is 0. The zero-order chi connectivity index (χ0) is 37.9. The van der Waals surface area contributed by atoms with Crippen molar-refractivity contribution in [2.45, 2.75) is 119 Å². The number of halogens is 3. The van der Waals surface area contributed by atoms with E-state index in [1.807, 2.05) is 93.6 Å². The molecule has 3 fully saturated rings. The van der Waals surface area contributed by atoms with E-state index in [0.29, 0.717) is 18.5 Å². The smallest absolute Gasteiger partial charge is 0.272 e. The molecule has 3 aliphatic rings. The lowest BCUT2D eigenvalue weighted by atomic mass is 9.75. The van der Waals surface area contributed by atoms with Crippen molar-refractivity contribution in [3.63, 3.8) is 0 Å². The van der Waals surface area contributed by atoms with Crippen molar-refractivity contribution in [1.82, 2.24) is 15.5 Å². The maximum absolute atomic E-state index is 13.9. The number of aliphatic hydroxyl groups excluding tert-OH is 1. The molecule has 6 rings (SSSR count). The van der Waals surface area contributed by atoms with Crippen LogP contribution in [0.2, 0.25) is 0 Å². The molecule has 0 unspecified atom stereocenters. The van der Waals surface area contributed by atoms with Crippen molar-refractivity contribution >= 4 is 46.6 Å². The summed E-state index contributed by atoms with van der Waals surface area (Å²) in [5, 5.41) is 15.7. The van der Waals surface area contributed by atoms with Crippen LogP contribution in [0.5, 0.6) is 0 Å². The van der Waals surface area contributed by atoms with Gasteiger partial charge < -0.3 is 25.2 Å². The van der Waals surface area contributed by atoms with Gasteiger partial charge in [0.05, 0.1) is 24.9 Å². The van der Waals surface area contributed by atoms with Gasteiger partial charge in [-0.2, -0.15) is 0 Å². The Bertz CT molecular complexity index is 1710. The zero-order valence-electron chi connectivity index (χ0n) is 31.0. The van der Waals surface area contributed by atoms with E-state index in [0.717, 1.165) is 52.6 Å². The molecule has 3 aromatic rings. The van der Waals surface area contributed by atoms with Crippen molar-refractivity contribution in [2.75, 3.05) is 6.54 Å². The van der Waals surface area contributed by atoms with E-state index in [-0.39, 0.29) is 48.8 Å². The number of aliphatic hydroxyl groups is 1. The monoisotopic (exact) mass is 783 g/mol. The van der Waals surface area contributed by atoms with Gasteiger partial charge in [0.1, 0.15) is 0 Å². The summed E-state index contributed by atoms with van der Waals surface area (Å²) in [4.78, 5) is 28.4. The number of likely N-dealkylation sites (tertiary alicyclic amines) is 1. The number of benzene rings is 3. The molecule has 2 amide bonds. The molecule has 11 heteroatoms. The third-order valence-electron chi connectivity index (χ3n) is 11.0. The van der Waals surface area contributed by atoms with Gasteiger partial charge in [-0.3, -0.25) is 14.5 Å². The fourth-order valence-electron chi connectivity index (χ4n) is 8.24. The van der Waals surface area contributed by atoms with Gasteiger partial charge in [0, 0.05) is 36.2 Å². The molecule has 8 nitrogen and oxygen atoms in total. The molecule has 0 aromatic heterocycles. The fraction of sp³-hybridized carbons (Fsp3) is 0.524. The lowest BCUT2D eigenvalue weighted by Gasteiger charge is -2.51. The summed E-state index contributed by atoms with van der Waals surface area (Å²) >= 11 is 17.1. The second-order valence-electron chi connectivity index (χ2n) is 16.0. The lowest BCUT2D eigenvalue weighted by molar-refractivity contribution is -0.278. The summed E-state index contributed by atoms with van der Waals surface area (Å²) in [5.41, 5.74) is 5.28. The second-order valence-corrected chi connectivity index (χ2v) is 18.2. The van der Waals surface area contributed by atoms with Gasteiger partial charge >= 0.3 is 0 Å². The second kappa shape index (κ2) is 17.0. The Morgan fingerprint density at radius 3 is 2.23 bits per heavy atom. The van der Waals surface area contributed by atoms with E-state index in [4.69, 9.17) is 44.3 Å². The van der Waals surface area contributed by atoms with Gasteiger partial charge in [0.2, 0.25) is 5.91 Å². The normalized spacial score (nSPS) is 26.8. The Morgan fingerprint density at radius 2 is 1.55 bits per heavy atom. The number of ether oxygens (including phenoxy) is 2. The molecule has 0 bridgehead atoms. The van der Waals surface area contributed by atoms with Crippen LogP contribution in [-0.2, 0) is 32.2 Å². The number of nitrogens with zero attached hydrogens (tertiary/aromatic N) is 1. The minimum atomic E-state index is -2.02. The number of alkyl halides is 3. The number of hydrogen-bond donors (Lipinski definition) is 3. The van der Waals surface area contributed by atoms with Crippen molar-refractivity contribution < 1.29 is 24.2 Å². The van der Waals surface area contributed by atoms with E-state index in [2.05, 4.69) is 22.5 Å². The van der Waals surface area contributed by atoms with E-state index < -0.39 is 16.0 Å². The van der Waals surface area contributed by atoms with E-state index in [1.54, 1.807) is 0 Å². The maximum atomic E-state index is 13.9. The molecule has 2 saturated heterocycles. The number of carbonyl (C=O) groups is 2. The average molecular weight is 785 g/mol. The fourth-order valence-corrected chi connectivity index (χ4v) is 8.44. The first-order valence-corrected chi connectivity index (χ1v) is 20.0. The first kappa shape index (κ1) is 40.0. The molecule has 53 heavy (non-hydrogen) atoms. The van der Waals surface area contributed by atoms with Crippen LogP contribution in [0.25, 0.3) is 11.1 Å². The first-order chi connectivity index (χ1) is 25.2. The molecule has 1 saturated carbocycles. The van der Waals surface area contributed by atoms with Crippen LogP contribution >= 0.6 is 34.8 Å². The molecular weight excluding hydrogens is 733 g/mol. The van der Waals surface area contributed by atoms with Gasteiger partial charge in [0.15, 0.2) is 6.29 Å². The van der Waals surface area contributed by atoms with Crippen molar-refractivity contribution in [2.24, 2.45) is 11.8 Å². The third-order valence-corrected chi connectivity index (χ3v) is 11.5. The van der Waals surface area contributed by atoms with Crippen LogP contribution in [0.15, 0.2) is 72.8 Å². The van der Waals surface area contributed by atoms with Crippen LogP contribution in [0.3, 0.4) is 0 Å². The van der Waals surface area contributed by atoms with Crippen LogP contribution in [0, 0.1) is 11.8 Å². The quantitative estimate of drug-likeness (QED) is 0.188. The molecule has 0 radical (unpaired) electrons.